The van der Waals surface area contributed by atoms with Gasteiger partial charge in [-0.3, -0.25) is 0 Å². The van der Waals surface area contributed by atoms with Crippen LogP contribution in [0.25, 0.3) is 0 Å². The third-order valence-electron chi connectivity index (χ3n) is 1.68. The minimum absolute atomic E-state index is 0.688. The number of aromatic nitrogens is 1. The number of hydrogen-bond acceptors (Lipinski definition) is 3. The van der Waals surface area contributed by atoms with Crippen LogP contribution in [0.15, 0.2) is 24.4 Å². The molecule has 0 unspecified atom stereocenters. The summed E-state index contributed by atoms with van der Waals surface area (Å²) in [6.07, 6.45) is 4.65. The van der Waals surface area contributed by atoms with Crippen LogP contribution in [0.1, 0.15) is 19.8 Å². The molecule has 0 atom stereocenters. The van der Waals surface area contributed by atoms with E-state index in [4.69, 9.17) is 5.84 Å². The second-order valence-electron chi connectivity index (χ2n) is 3.04. The Labute approximate surface area is 73.0 Å². The van der Waals surface area contributed by atoms with Crippen LogP contribution in [0.4, 0.5) is 5.82 Å². The molecule has 0 radical (unpaired) electrons. The van der Waals surface area contributed by atoms with Crippen molar-refractivity contribution >= 4 is 5.82 Å². The highest BCUT2D eigenvalue weighted by Crippen LogP contribution is 2.26. The van der Waals surface area contributed by atoms with Gasteiger partial charge in [0, 0.05) is 6.20 Å². The lowest BCUT2D eigenvalue weighted by atomic mass is 10.5. The number of nitrogens with two attached hydrogens (primary N) is 1. The van der Waals surface area contributed by atoms with Gasteiger partial charge >= 0.3 is 0 Å². The summed E-state index contributed by atoms with van der Waals surface area (Å²) in [4.78, 5) is 3.86. The largest absolute Gasteiger partial charge is 0.308 e. The van der Waals surface area contributed by atoms with Gasteiger partial charge < -0.3 is 5.43 Å². The van der Waals surface area contributed by atoms with Crippen LogP contribution < -0.4 is 11.3 Å². The standard InChI is InChI=1S/C5H7N3.C4H8/c6-8-5-3-1-2-4-7-5;1-4-2-3-4/h1-4H,6H2,(H,7,8);4H,2-3H2,1H3. The number of nitrogen functional groups attached to an aromatic ring is 1. The van der Waals surface area contributed by atoms with Crippen molar-refractivity contribution in [3.05, 3.63) is 24.4 Å². The van der Waals surface area contributed by atoms with E-state index in [1.54, 1.807) is 12.3 Å². The molecule has 3 N–H and O–H groups in total. The van der Waals surface area contributed by atoms with Gasteiger partial charge in [-0.2, -0.15) is 0 Å². The Morgan fingerprint density at radius 3 is 2.42 bits per heavy atom. The first-order valence-corrected chi connectivity index (χ1v) is 4.20. The minimum atomic E-state index is 0.688. The highest BCUT2D eigenvalue weighted by molar-refractivity contribution is 5.30. The monoisotopic (exact) mass is 165 g/mol. The van der Waals surface area contributed by atoms with Crippen molar-refractivity contribution in [3.63, 3.8) is 0 Å². The lowest BCUT2D eigenvalue weighted by Gasteiger charge is -1.92. The van der Waals surface area contributed by atoms with E-state index in [0.29, 0.717) is 5.82 Å². The quantitative estimate of drug-likeness (QED) is 0.492. The van der Waals surface area contributed by atoms with Crippen molar-refractivity contribution < 1.29 is 0 Å². The molecule has 1 fully saturated rings. The molecule has 0 saturated heterocycles. The summed E-state index contributed by atoms with van der Waals surface area (Å²) in [5.74, 6) is 6.81. The number of hydrazine groups is 1. The van der Waals surface area contributed by atoms with Gasteiger partial charge in [0.05, 0.1) is 0 Å². The Morgan fingerprint density at radius 2 is 2.17 bits per heavy atom. The first-order valence-electron chi connectivity index (χ1n) is 4.20. The Hall–Kier alpha value is -1.09. The van der Waals surface area contributed by atoms with E-state index in [2.05, 4.69) is 17.3 Å². The van der Waals surface area contributed by atoms with Crippen LogP contribution in [0.3, 0.4) is 0 Å². The topological polar surface area (TPSA) is 50.9 Å². The highest BCUT2D eigenvalue weighted by Gasteiger charge is 2.12. The summed E-state index contributed by atoms with van der Waals surface area (Å²) in [6.45, 7) is 2.28. The van der Waals surface area contributed by atoms with Crippen molar-refractivity contribution in [2.45, 2.75) is 19.8 Å². The predicted octanol–water partition coefficient (Wildman–Crippen LogP) is 1.78. The van der Waals surface area contributed by atoms with E-state index in [-0.39, 0.29) is 0 Å². The summed E-state index contributed by atoms with van der Waals surface area (Å²) in [5, 5.41) is 0. The fourth-order valence-electron chi connectivity index (χ4n) is 0.615. The Kier molecular flexibility index (Phi) is 3.54. The highest BCUT2D eigenvalue weighted by atomic mass is 15.2. The molecule has 3 nitrogen and oxygen atoms in total. The van der Waals surface area contributed by atoms with Crippen LogP contribution in [0.5, 0.6) is 0 Å². The number of hydrogen-bond donors (Lipinski definition) is 2. The van der Waals surface area contributed by atoms with E-state index in [1.165, 1.54) is 12.8 Å². The Balaban J connectivity index is 0.000000150. The van der Waals surface area contributed by atoms with Gasteiger partial charge in [-0.05, 0) is 18.1 Å². The molecule has 1 saturated carbocycles. The van der Waals surface area contributed by atoms with Crippen LogP contribution >= 0.6 is 0 Å². The summed E-state index contributed by atoms with van der Waals surface area (Å²) in [6, 6.07) is 5.49. The molecule has 3 heteroatoms. The third kappa shape index (κ3) is 3.93. The van der Waals surface area contributed by atoms with E-state index in [0.717, 1.165) is 5.92 Å². The van der Waals surface area contributed by atoms with E-state index in [9.17, 15) is 0 Å². The molecular weight excluding hydrogens is 150 g/mol. The zero-order chi connectivity index (χ0) is 8.81. The van der Waals surface area contributed by atoms with Gasteiger partial charge in [-0.15, -0.1) is 0 Å². The van der Waals surface area contributed by atoms with Crippen LogP contribution in [0, 0.1) is 5.92 Å². The molecule has 1 aliphatic carbocycles. The fourth-order valence-corrected chi connectivity index (χ4v) is 0.615. The zero-order valence-electron chi connectivity index (χ0n) is 7.33. The van der Waals surface area contributed by atoms with E-state index < -0.39 is 0 Å². The number of anilines is 1. The molecule has 0 amide bonds. The third-order valence-corrected chi connectivity index (χ3v) is 1.68. The van der Waals surface area contributed by atoms with Crippen molar-refractivity contribution in [2.75, 3.05) is 5.43 Å². The van der Waals surface area contributed by atoms with Gasteiger partial charge in [-0.25, -0.2) is 10.8 Å². The van der Waals surface area contributed by atoms with Gasteiger partial charge in [0.15, 0.2) is 0 Å². The van der Waals surface area contributed by atoms with Crippen molar-refractivity contribution in [1.82, 2.24) is 4.98 Å². The normalized spacial score (nSPS) is 14.5. The SMILES string of the molecule is CC1CC1.NNc1ccccn1. The second-order valence-corrected chi connectivity index (χ2v) is 3.04. The summed E-state index contributed by atoms with van der Waals surface area (Å²) >= 11 is 0. The second kappa shape index (κ2) is 4.72. The summed E-state index contributed by atoms with van der Waals surface area (Å²) in [7, 11) is 0. The molecule has 66 valence electrons. The molecule has 1 heterocycles. The average molecular weight is 165 g/mol. The average Bonchev–Trinajstić information content (AvgIpc) is 2.90. The molecule has 0 spiro atoms. The van der Waals surface area contributed by atoms with Crippen molar-refractivity contribution in [3.8, 4) is 0 Å². The van der Waals surface area contributed by atoms with Crippen molar-refractivity contribution in [1.29, 1.82) is 0 Å². The van der Waals surface area contributed by atoms with Gasteiger partial charge in [0.1, 0.15) is 5.82 Å². The number of nitrogens with one attached hydrogen (secondary N) is 1. The number of nitrogens with zero attached hydrogens (tertiary/aromatic N) is 1. The molecule has 1 aromatic rings. The lowest BCUT2D eigenvalue weighted by Crippen LogP contribution is -2.07. The first kappa shape index (κ1) is 9.00. The molecule has 1 aromatic heterocycles. The molecule has 1 aliphatic rings. The maximum Gasteiger partial charge on any atom is 0.139 e. The molecule has 0 bridgehead atoms. The maximum atomic E-state index is 5.04. The van der Waals surface area contributed by atoms with Gasteiger partial charge in [-0.1, -0.05) is 25.8 Å². The molecule has 0 aromatic carbocycles. The lowest BCUT2D eigenvalue weighted by molar-refractivity contribution is 0.983. The zero-order valence-corrected chi connectivity index (χ0v) is 7.33. The number of rotatable bonds is 1. The molecular formula is C9H15N3. The van der Waals surface area contributed by atoms with Crippen LogP contribution in [-0.4, -0.2) is 4.98 Å². The number of pyridine rings is 1. The van der Waals surface area contributed by atoms with E-state index in [1.807, 2.05) is 12.1 Å². The van der Waals surface area contributed by atoms with Gasteiger partial charge in [0.2, 0.25) is 0 Å². The Bertz CT molecular complexity index is 206. The van der Waals surface area contributed by atoms with Crippen LogP contribution in [-0.2, 0) is 0 Å². The smallest absolute Gasteiger partial charge is 0.139 e. The van der Waals surface area contributed by atoms with E-state index >= 15 is 0 Å². The fraction of sp³-hybridized carbons (Fsp3) is 0.444. The predicted molar refractivity (Wildman–Crippen MR) is 50.4 cm³/mol. The summed E-state index contributed by atoms with van der Waals surface area (Å²) < 4.78 is 0. The van der Waals surface area contributed by atoms with Gasteiger partial charge in [0.25, 0.3) is 0 Å². The Morgan fingerprint density at radius 1 is 1.50 bits per heavy atom. The molecule has 0 aliphatic heterocycles. The maximum absolute atomic E-state index is 5.04. The van der Waals surface area contributed by atoms with Crippen molar-refractivity contribution in [2.24, 2.45) is 11.8 Å². The minimum Gasteiger partial charge on any atom is -0.308 e. The first-order chi connectivity index (χ1) is 5.83. The molecule has 12 heavy (non-hydrogen) atoms. The molecule has 2 rings (SSSR count). The summed E-state index contributed by atoms with van der Waals surface area (Å²) in [5.41, 5.74) is 2.42. The van der Waals surface area contributed by atoms with Crippen LogP contribution in [0.2, 0.25) is 0 Å².